The summed E-state index contributed by atoms with van der Waals surface area (Å²) in [5.74, 6) is 0. The monoisotopic (exact) mass is 281 g/mol. The quantitative estimate of drug-likeness (QED) is 0.806. The molecule has 21 heavy (non-hydrogen) atoms. The van der Waals surface area contributed by atoms with Gasteiger partial charge in [-0.15, -0.1) is 0 Å². The van der Waals surface area contributed by atoms with Gasteiger partial charge in [0, 0.05) is 6.42 Å². The van der Waals surface area contributed by atoms with Crippen LogP contribution >= 0.6 is 0 Å². The molecule has 1 aliphatic rings. The van der Waals surface area contributed by atoms with Gasteiger partial charge in [-0.25, -0.2) is 0 Å². The number of aryl methyl sites for hydroxylation is 1. The van der Waals surface area contributed by atoms with Crippen LogP contribution in [0.25, 0.3) is 0 Å². The fourth-order valence-electron chi connectivity index (χ4n) is 2.80. The van der Waals surface area contributed by atoms with Crippen molar-refractivity contribution in [3.05, 3.63) is 71.3 Å². The SMILES string of the molecule is Cc1ccc([C@@]2(C=O)CCON2Cc2ccccc2)cc1. The third-order valence-corrected chi connectivity index (χ3v) is 4.09. The van der Waals surface area contributed by atoms with E-state index in [1.165, 1.54) is 5.56 Å². The van der Waals surface area contributed by atoms with Crippen molar-refractivity contribution in [1.82, 2.24) is 5.06 Å². The van der Waals surface area contributed by atoms with Gasteiger partial charge in [0.25, 0.3) is 0 Å². The van der Waals surface area contributed by atoms with Crippen LogP contribution < -0.4 is 0 Å². The third kappa shape index (κ3) is 2.62. The van der Waals surface area contributed by atoms with Crippen LogP contribution in [0.5, 0.6) is 0 Å². The summed E-state index contributed by atoms with van der Waals surface area (Å²) in [6.07, 6.45) is 1.71. The second-order valence-electron chi connectivity index (χ2n) is 5.51. The van der Waals surface area contributed by atoms with Gasteiger partial charge in [-0.05, 0) is 18.1 Å². The number of carbonyl (C=O) groups is 1. The number of hydroxylamine groups is 2. The van der Waals surface area contributed by atoms with Crippen LogP contribution in [0.3, 0.4) is 0 Å². The Hall–Kier alpha value is -1.97. The van der Waals surface area contributed by atoms with E-state index in [0.717, 1.165) is 17.4 Å². The molecular formula is C18H19NO2. The van der Waals surface area contributed by atoms with E-state index in [2.05, 4.69) is 0 Å². The topological polar surface area (TPSA) is 29.5 Å². The van der Waals surface area contributed by atoms with Gasteiger partial charge >= 0.3 is 0 Å². The molecule has 3 nitrogen and oxygen atoms in total. The summed E-state index contributed by atoms with van der Waals surface area (Å²) in [6, 6.07) is 18.2. The maximum atomic E-state index is 11.9. The van der Waals surface area contributed by atoms with Crippen molar-refractivity contribution in [3.63, 3.8) is 0 Å². The largest absolute Gasteiger partial charge is 0.301 e. The number of carbonyl (C=O) groups excluding carboxylic acids is 1. The molecule has 0 saturated carbocycles. The van der Waals surface area contributed by atoms with Crippen LogP contribution in [0.2, 0.25) is 0 Å². The number of nitrogens with zero attached hydrogens (tertiary/aromatic N) is 1. The summed E-state index contributed by atoms with van der Waals surface area (Å²) in [7, 11) is 0. The molecular weight excluding hydrogens is 262 g/mol. The molecule has 0 bridgehead atoms. The summed E-state index contributed by atoms with van der Waals surface area (Å²) < 4.78 is 0. The minimum atomic E-state index is -0.677. The van der Waals surface area contributed by atoms with Gasteiger partial charge in [0.15, 0.2) is 0 Å². The second kappa shape index (κ2) is 5.80. The maximum Gasteiger partial charge on any atom is 0.147 e. The lowest BCUT2D eigenvalue weighted by atomic mass is 9.88. The van der Waals surface area contributed by atoms with E-state index in [4.69, 9.17) is 4.84 Å². The zero-order chi connectivity index (χ0) is 14.7. The van der Waals surface area contributed by atoms with E-state index < -0.39 is 5.54 Å². The predicted octanol–water partition coefficient (Wildman–Crippen LogP) is 3.23. The van der Waals surface area contributed by atoms with Crippen molar-refractivity contribution in [2.75, 3.05) is 6.61 Å². The molecule has 3 rings (SSSR count). The molecule has 1 fully saturated rings. The number of aldehydes is 1. The van der Waals surface area contributed by atoms with Crippen molar-refractivity contribution < 1.29 is 9.63 Å². The predicted molar refractivity (Wildman–Crippen MR) is 81.5 cm³/mol. The molecule has 1 heterocycles. The minimum Gasteiger partial charge on any atom is -0.301 e. The molecule has 1 atom stereocenters. The third-order valence-electron chi connectivity index (χ3n) is 4.09. The van der Waals surface area contributed by atoms with Gasteiger partial charge in [-0.3, -0.25) is 4.84 Å². The Kier molecular flexibility index (Phi) is 3.86. The number of rotatable bonds is 4. The van der Waals surface area contributed by atoms with Crippen molar-refractivity contribution in [1.29, 1.82) is 0 Å². The molecule has 0 radical (unpaired) electrons. The zero-order valence-electron chi connectivity index (χ0n) is 12.2. The fraction of sp³-hybridized carbons (Fsp3) is 0.278. The van der Waals surface area contributed by atoms with E-state index in [1.807, 2.05) is 66.6 Å². The Morgan fingerprint density at radius 1 is 1.14 bits per heavy atom. The number of benzene rings is 2. The number of hydrogen-bond acceptors (Lipinski definition) is 3. The molecule has 0 aromatic heterocycles. The van der Waals surface area contributed by atoms with Gasteiger partial charge in [0.1, 0.15) is 11.8 Å². The molecule has 1 saturated heterocycles. The van der Waals surface area contributed by atoms with Crippen LogP contribution in [-0.4, -0.2) is 18.0 Å². The normalized spacial score (nSPS) is 22.3. The molecule has 108 valence electrons. The summed E-state index contributed by atoms with van der Waals surface area (Å²) >= 11 is 0. The lowest BCUT2D eigenvalue weighted by molar-refractivity contribution is -0.175. The molecule has 3 heteroatoms. The first-order chi connectivity index (χ1) is 10.2. The van der Waals surface area contributed by atoms with E-state index >= 15 is 0 Å². The Balaban J connectivity index is 1.92. The first kappa shape index (κ1) is 14.0. The van der Waals surface area contributed by atoms with E-state index in [9.17, 15) is 4.79 Å². The molecule has 0 aliphatic carbocycles. The van der Waals surface area contributed by atoms with Gasteiger partial charge in [-0.1, -0.05) is 60.2 Å². The highest BCUT2D eigenvalue weighted by atomic mass is 16.7. The van der Waals surface area contributed by atoms with Crippen molar-refractivity contribution in [3.8, 4) is 0 Å². The summed E-state index contributed by atoms with van der Waals surface area (Å²) in [5, 5.41) is 1.82. The summed E-state index contributed by atoms with van der Waals surface area (Å²) in [5.41, 5.74) is 2.64. The average Bonchev–Trinajstić information content (AvgIpc) is 2.93. The summed E-state index contributed by atoms with van der Waals surface area (Å²) in [6.45, 7) is 3.22. The second-order valence-corrected chi connectivity index (χ2v) is 5.51. The molecule has 0 N–H and O–H groups in total. The zero-order valence-corrected chi connectivity index (χ0v) is 12.2. The lowest BCUT2D eigenvalue weighted by Gasteiger charge is -2.32. The average molecular weight is 281 g/mol. The minimum absolute atomic E-state index is 0.569. The van der Waals surface area contributed by atoms with E-state index in [0.29, 0.717) is 19.6 Å². The lowest BCUT2D eigenvalue weighted by Crippen LogP contribution is -2.41. The smallest absolute Gasteiger partial charge is 0.147 e. The standard InChI is InChI=1S/C18H19NO2/c1-15-7-9-17(10-8-15)18(14-20)11-12-21-19(18)13-16-5-3-2-4-6-16/h2-10,14H,11-13H2,1H3/t18-/m0/s1. The van der Waals surface area contributed by atoms with Crippen molar-refractivity contribution >= 4 is 6.29 Å². The number of hydrogen-bond donors (Lipinski definition) is 0. The van der Waals surface area contributed by atoms with Crippen LogP contribution in [0, 0.1) is 6.92 Å². The van der Waals surface area contributed by atoms with Crippen LogP contribution in [-0.2, 0) is 21.7 Å². The summed E-state index contributed by atoms with van der Waals surface area (Å²) in [4.78, 5) is 17.6. The first-order valence-corrected chi connectivity index (χ1v) is 7.22. The van der Waals surface area contributed by atoms with E-state index in [1.54, 1.807) is 0 Å². The van der Waals surface area contributed by atoms with Gasteiger partial charge < -0.3 is 4.79 Å². The maximum absolute atomic E-state index is 11.9. The Morgan fingerprint density at radius 2 is 1.86 bits per heavy atom. The Morgan fingerprint density at radius 3 is 2.52 bits per heavy atom. The molecule has 0 amide bonds. The highest BCUT2D eigenvalue weighted by molar-refractivity contribution is 5.68. The van der Waals surface area contributed by atoms with Crippen LogP contribution in [0.15, 0.2) is 54.6 Å². The van der Waals surface area contributed by atoms with Gasteiger partial charge in [0.05, 0.1) is 13.2 Å². The Bertz CT molecular complexity index is 609. The highest BCUT2D eigenvalue weighted by Crippen LogP contribution is 2.37. The fourth-order valence-corrected chi connectivity index (χ4v) is 2.80. The molecule has 2 aromatic carbocycles. The Labute approximate surface area is 125 Å². The molecule has 2 aromatic rings. The van der Waals surface area contributed by atoms with Crippen LogP contribution in [0.1, 0.15) is 23.1 Å². The van der Waals surface area contributed by atoms with Crippen LogP contribution in [0.4, 0.5) is 0 Å². The van der Waals surface area contributed by atoms with Gasteiger partial charge in [0.2, 0.25) is 0 Å². The van der Waals surface area contributed by atoms with Crippen molar-refractivity contribution in [2.24, 2.45) is 0 Å². The molecule has 1 aliphatic heterocycles. The highest BCUT2D eigenvalue weighted by Gasteiger charge is 2.44. The van der Waals surface area contributed by atoms with E-state index in [-0.39, 0.29) is 0 Å². The molecule has 0 unspecified atom stereocenters. The molecule has 0 spiro atoms. The van der Waals surface area contributed by atoms with Crippen molar-refractivity contribution in [2.45, 2.75) is 25.4 Å². The first-order valence-electron chi connectivity index (χ1n) is 7.22. The van der Waals surface area contributed by atoms with Gasteiger partial charge in [-0.2, -0.15) is 5.06 Å².